The second-order valence-electron chi connectivity index (χ2n) is 5.34. The van der Waals surface area contributed by atoms with Gasteiger partial charge in [0.05, 0.1) is 6.04 Å². The fraction of sp³-hybridized carbons (Fsp3) is 0.917. The van der Waals surface area contributed by atoms with Gasteiger partial charge in [0.1, 0.15) is 0 Å². The Bertz CT molecular complexity index is 276. The Kier molecular flexibility index (Phi) is 3.89. The van der Waals surface area contributed by atoms with Gasteiger partial charge in [0.15, 0.2) is 0 Å². The fourth-order valence-corrected chi connectivity index (χ4v) is 3.01. The molecule has 5 heteroatoms. The quantitative estimate of drug-likeness (QED) is 0.757. The molecule has 2 rings (SSSR count). The standard InChI is InChI=1S/C12H24N4O/c1-14-6-3-10(4-7-14)11-9-16(8-5-13)12(17)15(11)2/h10-11H,3-9,13H2,1-2H3. The van der Waals surface area contributed by atoms with E-state index in [1.54, 1.807) is 0 Å². The summed E-state index contributed by atoms with van der Waals surface area (Å²) in [5.74, 6) is 0.655. The fourth-order valence-electron chi connectivity index (χ4n) is 3.01. The molecule has 2 N–H and O–H groups in total. The molecule has 1 atom stereocenters. The molecular weight excluding hydrogens is 216 g/mol. The number of hydrogen-bond donors (Lipinski definition) is 1. The molecule has 0 spiro atoms. The highest BCUT2D eigenvalue weighted by molar-refractivity contribution is 5.77. The van der Waals surface area contributed by atoms with Crippen LogP contribution in [0.1, 0.15) is 12.8 Å². The van der Waals surface area contributed by atoms with Gasteiger partial charge in [-0.15, -0.1) is 0 Å². The van der Waals surface area contributed by atoms with Crippen LogP contribution < -0.4 is 5.73 Å². The normalized spacial score (nSPS) is 28.2. The molecule has 0 aliphatic carbocycles. The van der Waals surface area contributed by atoms with Gasteiger partial charge in [0, 0.05) is 26.7 Å². The maximum absolute atomic E-state index is 12.0. The van der Waals surface area contributed by atoms with Gasteiger partial charge < -0.3 is 20.4 Å². The van der Waals surface area contributed by atoms with Crippen LogP contribution in [0.3, 0.4) is 0 Å². The highest BCUT2D eigenvalue weighted by Crippen LogP contribution is 2.27. The minimum Gasteiger partial charge on any atom is -0.329 e. The van der Waals surface area contributed by atoms with Crippen LogP contribution in [0.5, 0.6) is 0 Å². The third kappa shape index (κ3) is 2.55. The van der Waals surface area contributed by atoms with Crippen molar-refractivity contribution in [1.29, 1.82) is 0 Å². The Hall–Kier alpha value is -0.810. The van der Waals surface area contributed by atoms with E-state index in [4.69, 9.17) is 5.73 Å². The van der Waals surface area contributed by atoms with E-state index in [1.807, 2.05) is 16.8 Å². The monoisotopic (exact) mass is 240 g/mol. The molecule has 0 aromatic carbocycles. The summed E-state index contributed by atoms with van der Waals surface area (Å²) in [7, 11) is 4.10. The second kappa shape index (κ2) is 5.23. The number of nitrogens with two attached hydrogens (primary N) is 1. The van der Waals surface area contributed by atoms with Gasteiger partial charge in [-0.25, -0.2) is 4.79 Å². The minimum absolute atomic E-state index is 0.152. The predicted octanol–water partition coefficient (Wildman–Crippen LogP) is 0.0229. The smallest absolute Gasteiger partial charge is 0.320 e. The molecule has 2 heterocycles. The number of likely N-dealkylation sites (tertiary alicyclic amines) is 1. The number of piperidine rings is 1. The molecule has 1 unspecified atom stereocenters. The van der Waals surface area contributed by atoms with Gasteiger partial charge in [-0.2, -0.15) is 0 Å². The van der Waals surface area contributed by atoms with E-state index in [9.17, 15) is 4.79 Å². The van der Waals surface area contributed by atoms with Gasteiger partial charge in [-0.3, -0.25) is 0 Å². The average Bonchev–Trinajstić information content (AvgIpc) is 2.59. The van der Waals surface area contributed by atoms with Crippen molar-refractivity contribution < 1.29 is 4.79 Å². The molecule has 0 aromatic rings. The number of amides is 2. The lowest BCUT2D eigenvalue weighted by Crippen LogP contribution is -2.42. The molecule has 0 bridgehead atoms. The number of rotatable bonds is 3. The zero-order valence-corrected chi connectivity index (χ0v) is 10.9. The van der Waals surface area contributed by atoms with Crippen molar-refractivity contribution in [3.05, 3.63) is 0 Å². The van der Waals surface area contributed by atoms with E-state index in [1.165, 1.54) is 12.8 Å². The lowest BCUT2D eigenvalue weighted by molar-refractivity contribution is 0.150. The lowest BCUT2D eigenvalue weighted by atomic mass is 9.89. The molecule has 2 fully saturated rings. The van der Waals surface area contributed by atoms with Crippen LogP contribution in [0.4, 0.5) is 4.79 Å². The molecule has 98 valence electrons. The summed E-state index contributed by atoms with van der Waals surface area (Å²) >= 11 is 0. The van der Waals surface area contributed by atoms with Crippen LogP contribution in [0.25, 0.3) is 0 Å². The highest BCUT2D eigenvalue weighted by Gasteiger charge is 2.39. The molecule has 17 heavy (non-hydrogen) atoms. The van der Waals surface area contributed by atoms with Gasteiger partial charge in [0.2, 0.25) is 0 Å². The van der Waals surface area contributed by atoms with Crippen LogP contribution in [-0.2, 0) is 0 Å². The van der Waals surface area contributed by atoms with Gasteiger partial charge in [-0.1, -0.05) is 0 Å². The molecule has 2 saturated heterocycles. The second-order valence-corrected chi connectivity index (χ2v) is 5.34. The molecule has 0 radical (unpaired) electrons. The van der Waals surface area contributed by atoms with Crippen molar-refractivity contribution in [2.75, 3.05) is 46.8 Å². The maximum atomic E-state index is 12.0. The largest absolute Gasteiger partial charge is 0.329 e. The van der Waals surface area contributed by atoms with Crippen molar-refractivity contribution in [1.82, 2.24) is 14.7 Å². The molecule has 0 saturated carbocycles. The first-order valence-electron chi connectivity index (χ1n) is 6.54. The number of hydrogen-bond acceptors (Lipinski definition) is 3. The first-order chi connectivity index (χ1) is 8.13. The van der Waals surface area contributed by atoms with Crippen molar-refractivity contribution in [2.45, 2.75) is 18.9 Å². The van der Waals surface area contributed by atoms with E-state index in [-0.39, 0.29) is 6.03 Å². The molecule has 2 amide bonds. The summed E-state index contributed by atoms with van der Waals surface area (Å²) in [6.07, 6.45) is 2.41. The molecule has 5 nitrogen and oxygen atoms in total. The third-order valence-corrected chi connectivity index (χ3v) is 4.18. The Balaban J connectivity index is 1.95. The van der Waals surface area contributed by atoms with Gasteiger partial charge in [0.25, 0.3) is 0 Å². The van der Waals surface area contributed by atoms with E-state index in [2.05, 4.69) is 11.9 Å². The van der Waals surface area contributed by atoms with Crippen LogP contribution in [0, 0.1) is 5.92 Å². The van der Waals surface area contributed by atoms with Crippen LogP contribution in [-0.4, -0.2) is 73.6 Å². The maximum Gasteiger partial charge on any atom is 0.320 e. The van der Waals surface area contributed by atoms with E-state index in [0.717, 1.165) is 19.6 Å². The predicted molar refractivity (Wildman–Crippen MR) is 67.8 cm³/mol. The summed E-state index contributed by atoms with van der Waals surface area (Å²) in [6, 6.07) is 0.544. The Morgan fingerprint density at radius 2 is 1.94 bits per heavy atom. The summed E-state index contributed by atoms with van der Waals surface area (Å²) < 4.78 is 0. The summed E-state index contributed by atoms with van der Waals surface area (Å²) in [5.41, 5.74) is 5.54. The first kappa shape index (κ1) is 12.6. The number of carbonyl (C=O) groups is 1. The van der Waals surface area contributed by atoms with E-state index < -0.39 is 0 Å². The summed E-state index contributed by atoms with van der Waals surface area (Å²) in [5, 5.41) is 0. The Morgan fingerprint density at radius 3 is 2.53 bits per heavy atom. The van der Waals surface area contributed by atoms with Crippen LogP contribution in [0.2, 0.25) is 0 Å². The SMILES string of the molecule is CN1CCC(C2CN(CCN)C(=O)N2C)CC1. The van der Waals surface area contributed by atoms with E-state index in [0.29, 0.717) is 25.0 Å². The topological polar surface area (TPSA) is 52.8 Å². The molecular formula is C12H24N4O. The first-order valence-corrected chi connectivity index (χ1v) is 6.54. The van der Waals surface area contributed by atoms with Gasteiger partial charge >= 0.3 is 6.03 Å². The molecule has 2 aliphatic rings. The van der Waals surface area contributed by atoms with Crippen LogP contribution >= 0.6 is 0 Å². The number of carbonyl (C=O) groups excluding carboxylic acids is 1. The Labute approximate surface area is 104 Å². The van der Waals surface area contributed by atoms with Crippen LogP contribution in [0.15, 0.2) is 0 Å². The zero-order valence-electron chi connectivity index (χ0n) is 10.9. The lowest BCUT2D eigenvalue weighted by Gasteiger charge is -2.34. The van der Waals surface area contributed by atoms with Gasteiger partial charge in [-0.05, 0) is 38.9 Å². The summed E-state index contributed by atoms with van der Waals surface area (Å²) in [4.78, 5) is 18.2. The summed E-state index contributed by atoms with van der Waals surface area (Å²) in [6.45, 7) is 4.41. The number of nitrogens with zero attached hydrogens (tertiary/aromatic N) is 3. The highest BCUT2D eigenvalue weighted by atomic mass is 16.2. The Morgan fingerprint density at radius 1 is 1.29 bits per heavy atom. The van der Waals surface area contributed by atoms with Crippen molar-refractivity contribution >= 4 is 6.03 Å². The zero-order chi connectivity index (χ0) is 12.4. The van der Waals surface area contributed by atoms with Crippen molar-refractivity contribution in [3.8, 4) is 0 Å². The van der Waals surface area contributed by atoms with Crippen molar-refractivity contribution in [2.24, 2.45) is 11.7 Å². The molecule has 2 aliphatic heterocycles. The number of likely N-dealkylation sites (N-methyl/N-ethyl adjacent to an activating group) is 1. The number of urea groups is 1. The average molecular weight is 240 g/mol. The molecule has 0 aromatic heterocycles. The minimum atomic E-state index is 0.152. The van der Waals surface area contributed by atoms with E-state index >= 15 is 0 Å². The van der Waals surface area contributed by atoms with Crippen molar-refractivity contribution in [3.63, 3.8) is 0 Å². The third-order valence-electron chi connectivity index (χ3n) is 4.18.